The minimum Gasteiger partial charge on any atom is -0.378 e. The van der Waals surface area contributed by atoms with Gasteiger partial charge in [0, 0.05) is 7.05 Å². The quantitative estimate of drug-likeness (QED) is 0.557. The molecule has 0 saturated carbocycles. The Kier molecular flexibility index (Phi) is 3.00. The molecule has 0 radical (unpaired) electrons. The van der Waals surface area contributed by atoms with Crippen LogP contribution in [0, 0.1) is 10.1 Å². The molecule has 10 nitrogen and oxygen atoms in total. The number of nitrogens with zero attached hydrogens (tertiary/aromatic N) is 6. The van der Waals surface area contributed by atoms with E-state index in [0.717, 1.165) is 6.33 Å². The third-order valence-corrected chi connectivity index (χ3v) is 2.09. The second-order valence-electron chi connectivity index (χ2n) is 3.40. The molecule has 2 rings (SSSR count). The molecule has 0 aliphatic carbocycles. The van der Waals surface area contributed by atoms with Crippen molar-refractivity contribution in [1.29, 1.82) is 0 Å². The zero-order chi connectivity index (χ0) is 13.1. The summed E-state index contributed by atoms with van der Waals surface area (Å²) in [6, 6.07) is 0. The van der Waals surface area contributed by atoms with Gasteiger partial charge >= 0.3 is 5.69 Å². The predicted molar refractivity (Wildman–Crippen MR) is 61.4 cm³/mol. The van der Waals surface area contributed by atoms with Crippen molar-refractivity contribution in [2.24, 2.45) is 7.05 Å². The van der Waals surface area contributed by atoms with Gasteiger partial charge in [0.2, 0.25) is 11.6 Å². The number of rotatable bonds is 4. The largest absolute Gasteiger partial charge is 0.378 e. The van der Waals surface area contributed by atoms with Crippen molar-refractivity contribution >= 4 is 17.3 Å². The van der Waals surface area contributed by atoms with Gasteiger partial charge in [-0.05, 0) is 0 Å². The number of nitrogens with two attached hydrogens (primary N) is 1. The van der Waals surface area contributed by atoms with Crippen LogP contribution in [0.1, 0.15) is 5.82 Å². The van der Waals surface area contributed by atoms with Crippen LogP contribution in [0.2, 0.25) is 0 Å². The van der Waals surface area contributed by atoms with E-state index in [-0.39, 0.29) is 23.9 Å². The van der Waals surface area contributed by atoms with Crippen molar-refractivity contribution in [2.75, 3.05) is 11.1 Å². The molecule has 0 atom stereocenters. The summed E-state index contributed by atoms with van der Waals surface area (Å²) >= 11 is 0. The Morgan fingerprint density at radius 2 is 2.28 bits per heavy atom. The molecule has 0 fully saturated rings. The van der Waals surface area contributed by atoms with Gasteiger partial charge in [-0.3, -0.25) is 14.8 Å². The first kappa shape index (κ1) is 11.7. The van der Waals surface area contributed by atoms with Gasteiger partial charge in [0.25, 0.3) is 0 Å². The van der Waals surface area contributed by atoms with Crippen LogP contribution in [0.4, 0.5) is 17.3 Å². The number of anilines is 2. The van der Waals surface area contributed by atoms with E-state index in [1.807, 2.05) is 0 Å². The number of nitrogen functional groups attached to an aromatic ring is 1. The number of hydrogen-bond acceptors (Lipinski definition) is 8. The third kappa shape index (κ3) is 2.31. The average molecular weight is 250 g/mol. The lowest BCUT2D eigenvalue weighted by molar-refractivity contribution is -0.383. The molecule has 0 spiro atoms. The lowest BCUT2D eigenvalue weighted by Crippen LogP contribution is -2.09. The highest BCUT2D eigenvalue weighted by atomic mass is 16.6. The zero-order valence-electron chi connectivity index (χ0n) is 9.44. The fourth-order valence-electron chi connectivity index (χ4n) is 1.33. The maximum Gasteiger partial charge on any atom is 0.352 e. The van der Waals surface area contributed by atoms with E-state index in [1.54, 1.807) is 7.05 Å². The maximum absolute atomic E-state index is 10.8. The summed E-state index contributed by atoms with van der Waals surface area (Å²) in [5.74, 6) is 0.343. The first-order valence-electron chi connectivity index (χ1n) is 4.91. The number of aromatic nitrogens is 5. The van der Waals surface area contributed by atoms with Crippen LogP contribution in [0.5, 0.6) is 0 Å². The Balaban J connectivity index is 2.19. The summed E-state index contributed by atoms with van der Waals surface area (Å²) in [4.78, 5) is 21.5. The first-order valence-corrected chi connectivity index (χ1v) is 4.91. The molecule has 0 amide bonds. The van der Waals surface area contributed by atoms with Gasteiger partial charge in [-0.2, -0.15) is 5.10 Å². The van der Waals surface area contributed by atoms with E-state index in [9.17, 15) is 10.1 Å². The van der Waals surface area contributed by atoms with Crippen LogP contribution in [0.15, 0.2) is 12.7 Å². The van der Waals surface area contributed by atoms with Crippen LogP contribution >= 0.6 is 0 Å². The molecule has 94 valence electrons. The lowest BCUT2D eigenvalue weighted by Gasteiger charge is -2.04. The molecule has 2 aromatic rings. The Bertz CT molecular complexity index is 580. The second-order valence-corrected chi connectivity index (χ2v) is 3.40. The van der Waals surface area contributed by atoms with Gasteiger partial charge in [-0.25, -0.2) is 15.0 Å². The molecule has 0 aromatic carbocycles. The van der Waals surface area contributed by atoms with E-state index in [2.05, 4.69) is 25.4 Å². The number of nitrogens with one attached hydrogen (secondary N) is 1. The molecule has 10 heteroatoms. The summed E-state index contributed by atoms with van der Waals surface area (Å²) in [6.45, 7) is 0.206. The first-order chi connectivity index (χ1) is 8.58. The summed E-state index contributed by atoms with van der Waals surface area (Å²) in [7, 11) is 1.72. The van der Waals surface area contributed by atoms with Gasteiger partial charge in [0.1, 0.15) is 12.7 Å². The molecule has 2 aromatic heterocycles. The highest BCUT2D eigenvalue weighted by molar-refractivity contribution is 5.67. The fourth-order valence-corrected chi connectivity index (χ4v) is 1.33. The summed E-state index contributed by atoms with van der Waals surface area (Å²) < 4.78 is 1.53. The zero-order valence-corrected chi connectivity index (χ0v) is 9.44. The molecule has 0 unspecified atom stereocenters. The van der Waals surface area contributed by atoms with Crippen LogP contribution in [0.25, 0.3) is 0 Å². The summed E-state index contributed by atoms with van der Waals surface area (Å²) in [5, 5.41) is 17.6. The predicted octanol–water partition coefficient (Wildman–Crippen LogP) is -0.292. The molecule has 2 heterocycles. The van der Waals surface area contributed by atoms with Gasteiger partial charge in [0.05, 0.1) is 11.5 Å². The molecular formula is C8H10N8O2. The van der Waals surface area contributed by atoms with E-state index < -0.39 is 4.92 Å². The average Bonchev–Trinajstić information content (AvgIpc) is 2.72. The Hall–Kier alpha value is -2.78. The van der Waals surface area contributed by atoms with Crippen molar-refractivity contribution in [3.05, 3.63) is 28.6 Å². The smallest absolute Gasteiger partial charge is 0.352 e. The third-order valence-electron chi connectivity index (χ3n) is 2.09. The topological polar surface area (TPSA) is 138 Å². The number of hydrogen-bond donors (Lipinski definition) is 2. The number of nitro groups is 1. The molecule has 0 aliphatic heterocycles. The van der Waals surface area contributed by atoms with Crippen molar-refractivity contribution in [3.63, 3.8) is 0 Å². The van der Waals surface area contributed by atoms with Gasteiger partial charge in [0.15, 0.2) is 5.82 Å². The normalized spacial score (nSPS) is 10.3. The van der Waals surface area contributed by atoms with Gasteiger partial charge < -0.3 is 11.1 Å². The van der Waals surface area contributed by atoms with Crippen molar-refractivity contribution in [1.82, 2.24) is 24.7 Å². The van der Waals surface area contributed by atoms with E-state index >= 15 is 0 Å². The van der Waals surface area contributed by atoms with E-state index in [4.69, 9.17) is 5.73 Å². The van der Waals surface area contributed by atoms with Gasteiger partial charge in [-0.15, -0.1) is 0 Å². The van der Waals surface area contributed by atoms with Crippen LogP contribution in [-0.4, -0.2) is 29.7 Å². The second kappa shape index (κ2) is 4.61. The Labute approximate surface area is 101 Å². The molecule has 3 N–H and O–H groups in total. The standard InChI is InChI=1S/C8H10N8O2/c1-15-4-13-5(14-15)2-10-8-6(16(17)18)7(9)11-3-12-8/h3-4H,2H2,1H3,(H3,9,10,11,12). The SMILES string of the molecule is Cn1cnc(CNc2ncnc(N)c2[N+](=O)[O-])n1. The summed E-state index contributed by atoms with van der Waals surface area (Å²) in [5.41, 5.74) is 5.07. The monoisotopic (exact) mass is 250 g/mol. The van der Waals surface area contributed by atoms with Crippen molar-refractivity contribution < 1.29 is 4.92 Å². The minimum absolute atomic E-state index is 0.0416. The molecule has 0 aliphatic rings. The molecule has 0 saturated heterocycles. The van der Waals surface area contributed by atoms with E-state index in [0.29, 0.717) is 5.82 Å². The molecule has 0 bridgehead atoms. The minimum atomic E-state index is -0.635. The highest BCUT2D eigenvalue weighted by Crippen LogP contribution is 2.26. The maximum atomic E-state index is 10.8. The van der Waals surface area contributed by atoms with Crippen molar-refractivity contribution in [2.45, 2.75) is 6.54 Å². The Morgan fingerprint density at radius 3 is 2.89 bits per heavy atom. The van der Waals surface area contributed by atoms with Gasteiger partial charge in [-0.1, -0.05) is 0 Å². The van der Waals surface area contributed by atoms with Crippen LogP contribution in [-0.2, 0) is 13.6 Å². The highest BCUT2D eigenvalue weighted by Gasteiger charge is 2.20. The Morgan fingerprint density at radius 1 is 1.50 bits per heavy atom. The number of aryl methyl sites for hydroxylation is 1. The lowest BCUT2D eigenvalue weighted by atomic mass is 10.4. The fraction of sp³-hybridized carbons (Fsp3) is 0.250. The van der Waals surface area contributed by atoms with Crippen LogP contribution in [0.3, 0.4) is 0 Å². The van der Waals surface area contributed by atoms with Crippen LogP contribution < -0.4 is 11.1 Å². The summed E-state index contributed by atoms with van der Waals surface area (Å²) in [6.07, 6.45) is 2.68. The van der Waals surface area contributed by atoms with E-state index in [1.165, 1.54) is 11.0 Å². The molecular weight excluding hydrogens is 240 g/mol. The van der Waals surface area contributed by atoms with Crippen molar-refractivity contribution in [3.8, 4) is 0 Å². The molecule has 18 heavy (non-hydrogen) atoms.